The lowest BCUT2D eigenvalue weighted by atomic mass is 10.0. The van der Waals surface area contributed by atoms with Crippen LogP contribution in [-0.4, -0.2) is 5.71 Å². The zero-order chi connectivity index (χ0) is 17.7. The smallest absolute Gasteiger partial charge is 0.0691 e. The van der Waals surface area contributed by atoms with Gasteiger partial charge in [0.05, 0.1) is 5.70 Å². The van der Waals surface area contributed by atoms with Crippen LogP contribution >= 0.6 is 9.24 Å². The standard InChI is InChI=1S/C22H28NP/c1-15(2)22(18(5)20-11-13-21(24)14-12-20)23-17(4)8-6-7-16(3)19-9-10-19/h6-8,11-14,19H,1,9-10,24H2,2-5H3/b8-6-,16-7+,22-18+,23-17+. The van der Waals surface area contributed by atoms with E-state index in [1.807, 2.05) is 13.8 Å². The molecular weight excluding hydrogens is 309 g/mol. The van der Waals surface area contributed by atoms with Gasteiger partial charge in [-0.2, -0.15) is 0 Å². The second-order valence-electron chi connectivity index (χ2n) is 6.67. The van der Waals surface area contributed by atoms with Crippen LogP contribution in [0.15, 0.2) is 70.9 Å². The van der Waals surface area contributed by atoms with Crippen molar-refractivity contribution in [2.24, 2.45) is 10.9 Å². The Morgan fingerprint density at radius 1 is 1.12 bits per heavy atom. The van der Waals surface area contributed by atoms with Crippen LogP contribution in [-0.2, 0) is 0 Å². The van der Waals surface area contributed by atoms with E-state index in [9.17, 15) is 0 Å². The van der Waals surface area contributed by atoms with Gasteiger partial charge in [0, 0.05) is 5.71 Å². The number of allylic oxidation sites excluding steroid dienone is 6. The van der Waals surface area contributed by atoms with Gasteiger partial charge in [-0.15, -0.1) is 9.24 Å². The Kier molecular flexibility index (Phi) is 6.52. The molecule has 126 valence electrons. The van der Waals surface area contributed by atoms with Gasteiger partial charge in [-0.05, 0) is 74.5 Å². The van der Waals surface area contributed by atoms with Crippen LogP contribution in [0.3, 0.4) is 0 Å². The summed E-state index contributed by atoms with van der Waals surface area (Å²) in [5.74, 6) is 0.819. The van der Waals surface area contributed by atoms with Gasteiger partial charge in [0.2, 0.25) is 0 Å². The SMILES string of the molecule is C=C(C)C(/N=C(C)/C=C\C=C(/C)C1CC1)=C(/C)c1ccc(P)cc1. The molecule has 1 aromatic rings. The van der Waals surface area contributed by atoms with Crippen LogP contribution in [0.5, 0.6) is 0 Å². The number of benzene rings is 1. The molecule has 0 aliphatic heterocycles. The molecule has 2 heteroatoms. The molecule has 2 rings (SSSR count). The highest BCUT2D eigenvalue weighted by atomic mass is 31.0. The first kappa shape index (κ1) is 18.6. The summed E-state index contributed by atoms with van der Waals surface area (Å²) in [4.78, 5) is 4.81. The van der Waals surface area contributed by atoms with Gasteiger partial charge in [0.1, 0.15) is 0 Å². The molecule has 0 radical (unpaired) electrons. The topological polar surface area (TPSA) is 12.4 Å². The Balaban J connectivity index is 2.24. The molecule has 0 aromatic heterocycles. The van der Waals surface area contributed by atoms with Crippen LogP contribution in [0.2, 0.25) is 0 Å². The van der Waals surface area contributed by atoms with Crippen molar-refractivity contribution in [1.29, 1.82) is 0 Å². The number of nitrogens with zero attached hydrogens (tertiary/aromatic N) is 1. The van der Waals surface area contributed by atoms with E-state index in [4.69, 9.17) is 4.99 Å². The van der Waals surface area contributed by atoms with E-state index in [0.29, 0.717) is 0 Å². The van der Waals surface area contributed by atoms with E-state index in [2.05, 4.69) is 72.2 Å². The minimum absolute atomic E-state index is 0.819. The van der Waals surface area contributed by atoms with Gasteiger partial charge in [0.25, 0.3) is 0 Å². The predicted octanol–water partition coefficient (Wildman–Crippen LogP) is 5.87. The third-order valence-corrected chi connectivity index (χ3v) is 4.69. The molecule has 0 bridgehead atoms. The minimum Gasteiger partial charge on any atom is -0.253 e. The fourth-order valence-corrected chi connectivity index (χ4v) is 2.79. The summed E-state index contributed by atoms with van der Waals surface area (Å²) in [6, 6.07) is 8.45. The van der Waals surface area contributed by atoms with Crippen LogP contribution in [0.25, 0.3) is 5.57 Å². The Morgan fingerprint density at radius 2 is 1.75 bits per heavy atom. The summed E-state index contributed by atoms with van der Waals surface area (Å²) in [5, 5.41) is 1.18. The van der Waals surface area contributed by atoms with Gasteiger partial charge in [-0.3, -0.25) is 4.99 Å². The number of hydrogen-bond acceptors (Lipinski definition) is 1. The zero-order valence-corrected chi connectivity index (χ0v) is 16.4. The van der Waals surface area contributed by atoms with Crippen LogP contribution < -0.4 is 5.30 Å². The third-order valence-electron chi connectivity index (χ3n) is 4.31. The monoisotopic (exact) mass is 337 g/mol. The first-order valence-corrected chi connectivity index (χ1v) is 9.09. The molecular formula is C22H28NP. The van der Waals surface area contributed by atoms with Crippen LogP contribution in [0.4, 0.5) is 0 Å². The molecule has 0 N–H and O–H groups in total. The van der Waals surface area contributed by atoms with Gasteiger partial charge in [-0.1, -0.05) is 48.6 Å². The van der Waals surface area contributed by atoms with Gasteiger partial charge < -0.3 is 0 Å². The second-order valence-corrected chi connectivity index (χ2v) is 7.34. The van der Waals surface area contributed by atoms with Crippen molar-refractivity contribution in [3.8, 4) is 0 Å². The average molecular weight is 337 g/mol. The third kappa shape index (κ3) is 5.42. The van der Waals surface area contributed by atoms with E-state index in [1.54, 1.807) is 0 Å². The molecule has 1 atom stereocenters. The quantitative estimate of drug-likeness (QED) is 0.350. The van der Waals surface area contributed by atoms with Crippen molar-refractivity contribution < 1.29 is 0 Å². The van der Waals surface area contributed by atoms with Crippen LogP contribution in [0.1, 0.15) is 46.1 Å². The Labute approximate surface area is 149 Å². The molecule has 1 saturated carbocycles. The Bertz CT molecular complexity index is 726. The van der Waals surface area contributed by atoms with E-state index in [0.717, 1.165) is 28.5 Å². The summed E-state index contributed by atoms with van der Waals surface area (Å²) < 4.78 is 0. The number of aliphatic imine (C=N–C) groups is 1. The summed E-state index contributed by atoms with van der Waals surface area (Å²) >= 11 is 0. The van der Waals surface area contributed by atoms with E-state index in [-0.39, 0.29) is 0 Å². The molecule has 0 heterocycles. The average Bonchev–Trinajstić information content (AvgIpc) is 3.37. The second kappa shape index (κ2) is 8.40. The van der Waals surface area contributed by atoms with Crippen molar-refractivity contribution in [3.63, 3.8) is 0 Å². The maximum atomic E-state index is 4.81. The maximum absolute atomic E-state index is 4.81. The van der Waals surface area contributed by atoms with E-state index in [1.165, 1.54) is 29.3 Å². The van der Waals surface area contributed by atoms with E-state index < -0.39 is 0 Å². The Hall–Kier alpha value is -1.72. The molecule has 1 fully saturated rings. The summed E-state index contributed by atoms with van der Waals surface area (Å²) in [7, 11) is 2.72. The zero-order valence-electron chi connectivity index (χ0n) is 15.3. The molecule has 0 amide bonds. The number of rotatable bonds is 6. The summed E-state index contributed by atoms with van der Waals surface area (Å²) in [6.45, 7) is 12.5. The van der Waals surface area contributed by atoms with Crippen LogP contribution in [0, 0.1) is 5.92 Å². The summed E-state index contributed by atoms with van der Waals surface area (Å²) in [6.07, 6.45) is 9.10. The van der Waals surface area contributed by atoms with Gasteiger partial charge >= 0.3 is 0 Å². The highest BCUT2D eigenvalue weighted by Gasteiger charge is 2.22. The van der Waals surface area contributed by atoms with Crippen molar-refractivity contribution in [3.05, 3.63) is 71.5 Å². The van der Waals surface area contributed by atoms with Gasteiger partial charge in [-0.25, -0.2) is 0 Å². The van der Waals surface area contributed by atoms with Crippen molar-refractivity contribution in [2.45, 2.75) is 40.5 Å². The molecule has 1 nitrogen and oxygen atoms in total. The van der Waals surface area contributed by atoms with Crippen molar-refractivity contribution in [1.82, 2.24) is 0 Å². The molecule has 1 aliphatic rings. The highest BCUT2D eigenvalue weighted by molar-refractivity contribution is 7.27. The number of hydrogen-bond donors (Lipinski definition) is 0. The lowest BCUT2D eigenvalue weighted by molar-refractivity contribution is 1.01. The lowest BCUT2D eigenvalue weighted by Gasteiger charge is -2.09. The minimum atomic E-state index is 0.819. The molecule has 0 spiro atoms. The largest absolute Gasteiger partial charge is 0.253 e. The van der Waals surface area contributed by atoms with Gasteiger partial charge in [0.15, 0.2) is 0 Å². The van der Waals surface area contributed by atoms with E-state index >= 15 is 0 Å². The Morgan fingerprint density at radius 3 is 2.29 bits per heavy atom. The molecule has 1 aliphatic carbocycles. The molecule has 24 heavy (non-hydrogen) atoms. The highest BCUT2D eigenvalue weighted by Crippen LogP contribution is 2.35. The van der Waals surface area contributed by atoms with Crippen molar-refractivity contribution in [2.75, 3.05) is 0 Å². The predicted molar refractivity (Wildman–Crippen MR) is 112 cm³/mol. The van der Waals surface area contributed by atoms with Crippen molar-refractivity contribution >= 4 is 25.8 Å². The lowest BCUT2D eigenvalue weighted by Crippen LogP contribution is -1.95. The maximum Gasteiger partial charge on any atom is 0.0691 e. The molecule has 1 unspecified atom stereocenters. The molecule has 1 aromatic carbocycles. The molecule has 0 saturated heterocycles. The first-order chi connectivity index (χ1) is 11.4. The summed E-state index contributed by atoms with van der Waals surface area (Å²) in [5.41, 5.74) is 6.77. The fourth-order valence-electron chi connectivity index (χ4n) is 2.60. The fraction of sp³-hybridized carbons (Fsp3) is 0.318. The first-order valence-electron chi connectivity index (χ1n) is 8.51. The normalized spacial score (nSPS) is 17.2.